The molecule has 0 aliphatic heterocycles. The van der Waals surface area contributed by atoms with Crippen LogP contribution in [0.2, 0.25) is 0 Å². The van der Waals surface area contributed by atoms with Crippen molar-refractivity contribution in [3.8, 4) is 0 Å². The summed E-state index contributed by atoms with van der Waals surface area (Å²) in [6.07, 6.45) is 5.54. The molecule has 27 heavy (non-hydrogen) atoms. The van der Waals surface area contributed by atoms with Crippen molar-refractivity contribution in [2.45, 2.75) is 26.6 Å². The van der Waals surface area contributed by atoms with Gasteiger partial charge >= 0.3 is 0 Å². The van der Waals surface area contributed by atoms with E-state index in [1.807, 2.05) is 35.9 Å². The monoisotopic (exact) mass is 450 g/mol. The highest BCUT2D eigenvalue weighted by molar-refractivity contribution is 9.10. The molecule has 0 radical (unpaired) electrons. The summed E-state index contributed by atoms with van der Waals surface area (Å²) in [5.74, 6) is -0.245. The second-order valence-corrected chi connectivity index (χ2v) is 7.36. The van der Waals surface area contributed by atoms with E-state index in [0.717, 1.165) is 28.0 Å². The molecule has 6 nitrogen and oxygen atoms in total. The predicted octanol–water partition coefficient (Wildman–Crippen LogP) is 3.88. The minimum absolute atomic E-state index is 0.245. The molecule has 0 atom stereocenters. The topological polar surface area (TPSA) is 50.9 Å². The molecular weight excluding hydrogens is 431 g/mol. The molecule has 3 aromatic rings. The number of aromatic nitrogens is 4. The number of halogens is 2. The predicted molar refractivity (Wildman–Crippen MR) is 111 cm³/mol. The van der Waals surface area contributed by atoms with E-state index in [9.17, 15) is 4.39 Å². The van der Waals surface area contributed by atoms with Crippen LogP contribution in [0.5, 0.6) is 0 Å². The number of aryl methyl sites for hydroxylation is 1. The molecular formula is C18H20BrFN6S. The van der Waals surface area contributed by atoms with Crippen LogP contribution in [0, 0.1) is 5.82 Å². The molecule has 0 aliphatic rings. The molecule has 0 saturated heterocycles. The van der Waals surface area contributed by atoms with E-state index in [4.69, 9.17) is 12.2 Å². The Kier molecular flexibility index (Phi) is 6.22. The van der Waals surface area contributed by atoms with E-state index in [0.29, 0.717) is 18.2 Å². The molecule has 2 aromatic heterocycles. The minimum Gasteiger partial charge on any atom is -0.346 e. The molecule has 0 spiro atoms. The van der Waals surface area contributed by atoms with Gasteiger partial charge in [0.05, 0.1) is 35.1 Å². The average molecular weight is 451 g/mol. The summed E-state index contributed by atoms with van der Waals surface area (Å²) in [6, 6.07) is 6.38. The van der Waals surface area contributed by atoms with Crippen LogP contribution in [0.4, 0.5) is 10.1 Å². The number of hydrogen-bond donors (Lipinski definition) is 1. The summed E-state index contributed by atoms with van der Waals surface area (Å²) < 4.78 is 17.6. The lowest BCUT2D eigenvalue weighted by molar-refractivity contribution is 0.491. The van der Waals surface area contributed by atoms with Crippen LogP contribution in [-0.4, -0.2) is 36.6 Å². The van der Waals surface area contributed by atoms with Crippen molar-refractivity contribution in [3.05, 3.63) is 64.4 Å². The molecule has 0 saturated carbocycles. The van der Waals surface area contributed by atoms with Crippen molar-refractivity contribution in [3.63, 3.8) is 0 Å². The fourth-order valence-corrected chi connectivity index (χ4v) is 3.14. The minimum atomic E-state index is -0.245. The Morgan fingerprint density at radius 3 is 2.67 bits per heavy atom. The summed E-state index contributed by atoms with van der Waals surface area (Å²) >= 11 is 9.01. The van der Waals surface area contributed by atoms with Gasteiger partial charge in [-0.1, -0.05) is 12.1 Å². The largest absolute Gasteiger partial charge is 0.346 e. The Morgan fingerprint density at radius 1 is 1.26 bits per heavy atom. The SMILES string of the molecule is CCn1cc(Br)c(CN(C)C(=S)Nc2cnn(Cc3ccc(F)cc3)c2)n1. The van der Waals surface area contributed by atoms with Crippen LogP contribution >= 0.6 is 28.1 Å². The van der Waals surface area contributed by atoms with Crippen molar-refractivity contribution in [2.24, 2.45) is 0 Å². The standard InChI is InChI=1S/C18H20BrFN6S/c1-3-25-11-16(19)17(23-25)12-24(2)18(27)22-15-8-21-26(10-15)9-13-4-6-14(20)7-5-13/h4-8,10-11H,3,9,12H2,1-2H3,(H,22,27). The number of nitrogens with zero attached hydrogens (tertiary/aromatic N) is 5. The Hall–Kier alpha value is -2.26. The van der Waals surface area contributed by atoms with Gasteiger partial charge in [0.15, 0.2) is 5.11 Å². The third kappa shape index (κ3) is 5.14. The van der Waals surface area contributed by atoms with Gasteiger partial charge in [-0.15, -0.1) is 0 Å². The van der Waals surface area contributed by atoms with E-state index >= 15 is 0 Å². The van der Waals surface area contributed by atoms with Gasteiger partial charge in [0, 0.05) is 26.0 Å². The summed E-state index contributed by atoms with van der Waals surface area (Å²) in [5, 5.41) is 12.6. The summed E-state index contributed by atoms with van der Waals surface area (Å²) in [6.45, 7) is 4.01. The van der Waals surface area contributed by atoms with Crippen molar-refractivity contribution in [1.82, 2.24) is 24.5 Å². The lowest BCUT2D eigenvalue weighted by atomic mass is 10.2. The normalized spacial score (nSPS) is 10.8. The fraction of sp³-hybridized carbons (Fsp3) is 0.278. The van der Waals surface area contributed by atoms with Gasteiger partial charge in [0.1, 0.15) is 5.82 Å². The first kappa shape index (κ1) is 19.5. The second-order valence-electron chi connectivity index (χ2n) is 6.12. The van der Waals surface area contributed by atoms with Crippen LogP contribution in [-0.2, 0) is 19.6 Å². The smallest absolute Gasteiger partial charge is 0.173 e. The molecule has 0 amide bonds. The number of anilines is 1. The first-order valence-electron chi connectivity index (χ1n) is 8.45. The van der Waals surface area contributed by atoms with Crippen LogP contribution in [0.15, 0.2) is 47.3 Å². The Morgan fingerprint density at radius 2 is 2.00 bits per heavy atom. The van der Waals surface area contributed by atoms with E-state index in [2.05, 4.69) is 31.4 Å². The number of rotatable bonds is 6. The Balaban J connectivity index is 1.58. The molecule has 2 heterocycles. The number of nitrogens with one attached hydrogen (secondary N) is 1. The van der Waals surface area contributed by atoms with Gasteiger partial charge in [-0.3, -0.25) is 9.36 Å². The highest BCUT2D eigenvalue weighted by atomic mass is 79.9. The molecule has 9 heteroatoms. The molecule has 142 valence electrons. The highest BCUT2D eigenvalue weighted by Gasteiger charge is 2.12. The van der Waals surface area contributed by atoms with Crippen LogP contribution in [0.1, 0.15) is 18.2 Å². The van der Waals surface area contributed by atoms with Crippen molar-refractivity contribution >= 4 is 38.9 Å². The van der Waals surface area contributed by atoms with Gasteiger partial charge in [0.25, 0.3) is 0 Å². The molecule has 0 bridgehead atoms. The van der Waals surface area contributed by atoms with E-state index in [1.165, 1.54) is 12.1 Å². The van der Waals surface area contributed by atoms with E-state index in [-0.39, 0.29) is 5.82 Å². The van der Waals surface area contributed by atoms with Gasteiger partial charge in [-0.2, -0.15) is 10.2 Å². The molecule has 1 aromatic carbocycles. The fourth-order valence-electron chi connectivity index (χ4n) is 2.51. The van der Waals surface area contributed by atoms with Crippen molar-refractivity contribution < 1.29 is 4.39 Å². The van der Waals surface area contributed by atoms with Gasteiger partial charge < -0.3 is 10.2 Å². The zero-order valence-electron chi connectivity index (χ0n) is 15.1. The zero-order chi connectivity index (χ0) is 19.4. The van der Waals surface area contributed by atoms with Gasteiger partial charge in [0.2, 0.25) is 0 Å². The van der Waals surface area contributed by atoms with Crippen LogP contribution in [0.25, 0.3) is 0 Å². The highest BCUT2D eigenvalue weighted by Crippen LogP contribution is 2.17. The lowest BCUT2D eigenvalue weighted by Crippen LogP contribution is -2.30. The summed E-state index contributed by atoms with van der Waals surface area (Å²) in [5.41, 5.74) is 2.70. The molecule has 1 N–H and O–H groups in total. The third-order valence-electron chi connectivity index (χ3n) is 3.99. The molecule has 0 unspecified atom stereocenters. The zero-order valence-corrected chi connectivity index (χ0v) is 17.5. The van der Waals surface area contributed by atoms with Gasteiger partial charge in [-0.25, -0.2) is 4.39 Å². The van der Waals surface area contributed by atoms with Gasteiger partial charge in [-0.05, 0) is 52.8 Å². The number of benzene rings is 1. The third-order valence-corrected chi connectivity index (χ3v) is 5.06. The van der Waals surface area contributed by atoms with E-state index in [1.54, 1.807) is 23.0 Å². The maximum atomic E-state index is 13.0. The first-order valence-corrected chi connectivity index (χ1v) is 9.65. The quantitative estimate of drug-likeness (QED) is 0.577. The molecule has 0 aliphatic carbocycles. The van der Waals surface area contributed by atoms with Crippen molar-refractivity contribution in [1.29, 1.82) is 0 Å². The average Bonchev–Trinajstić information content (AvgIpc) is 3.23. The Labute approximate surface area is 171 Å². The number of hydrogen-bond acceptors (Lipinski definition) is 3. The summed E-state index contributed by atoms with van der Waals surface area (Å²) in [7, 11) is 1.91. The first-order chi connectivity index (χ1) is 12.9. The molecule has 0 fully saturated rings. The Bertz CT molecular complexity index is 920. The number of thiocarbonyl (C=S) groups is 1. The van der Waals surface area contributed by atoms with E-state index < -0.39 is 0 Å². The maximum absolute atomic E-state index is 13.0. The van der Waals surface area contributed by atoms with Crippen LogP contribution < -0.4 is 5.32 Å². The van der Waals surface area contributed by atoms with Crippen LogP contribution in [0.3, 0.4) is 0 Å². The summed E-state index contributed by atoms with van der Waals surface area (Å²) in [4.78, 5) is 1.92. The van der Waals surface area contributed by atoms with Crippen molar-refractivity contribution in [2.75, 3.05) is 12.4 Å². The maximum Gasteiger partial charge on any atom is 0.173 e. The second kappa shape index (κ2) is 8.62. The molecule has 3 rings (SSSR count). The lowest BCUT2D eigenvalue weighted by Gasteiger charge is -2.19.